The van der Waals surface area contributed by atoms with E-state index in [1.165, 1.54) is 6.92 Å². The third-order valence-electron chi connectivity index (χ3n) is 1.35. The molecule has 0 unspecified atom stereocenters. The van der Waals surface area contributed by atoms with E-state index in [4.69, 9.17) is 0 Å². The third-order valence-corrected chi connectivity index (χ3v) is 1.35. The summed E-state index contributed by atoms with van der Waals surface area (Å²) < 4.78 is 4.14. The summed E-state index contributed by atoms with van der Waals surface area (Å²) in [6.45, 7) is 1.29. The van der Waals surface area contributed by atoms with Crippen molar-refractivity contribution in [3.63, 3.8) is 0 Å². The van der Waals surface area contributed by atoms with Gasteiger partial charge in [-0.3, -0.25) is 4.79 Å². The average molecular weight is 203 g/mol. The van der Waals surface area contributed by atoms with E-state index in [1.54, 1.807) is 0 Å². The second kappa shape index (κ2) is 7.02. The summed E-state index contributed by atoms with van der Waals surface area (Å²) in [4.78, 5) is 36.1. The van der Waals surface area contributed by atoms with E-state index in [0.29, 0.717) is 0 Å². The quantitative estimate of drug-likeness (QED) is 0.491. The van der Waals surface area contributed by atoms with Crippen LogP contribution >= 0.6 is 0 Å². The number of rotatable bonds is 6. The molecular weight excluding hydrogens is 190 g/mol. The van der Waals surface area contributed by atoms with Crippen LogP contribution in [0.15, 0.2) is 0 Å². The number of methoxy groups -OCH3 is 1. The van der Waals surface area contributed by atoms with Crippen LogP contribution in [0, 0.1) is 0 Å². The van der Waals surface area contributed by atoms with Crippen molar-refractivity contribution in [3.05, 3.63) is 0 Å². The fourth-order valence-electron chi connectivity index (χ4n) is 0.621. The molecule has 0 fully saturated rings. The molecule has 14 heavy (non-hydrogen) atoms. The van der Waals surface area contributed by atoms with Crippen molar-refractivity contribution in [1.82, 2.24) is 5.48 Å². The predicted octanol–water partition coefficient (Wildman–Crippen LogP) is 0.212. The van der Waals surface area contributed by atoms with E-state index in [9.17, 15) is 14.4 Å². The number of hydroxylamine groups is 1. The Balaban J connectivity index is 3.45. The molecule has 0 aliphatic carbocycles. The van der Waals surface area contributed by atoms with Crippen LogP contribution in [0.2, 0.25) is 0 Å². The van der Waals surface area contributed by atoms with Gasteiger partial charge in [0.25, 0.3) is 0 Å². The van der Waals surface area contributed by atoms with Crippen molar-refractivity contribution < 1.29 is 24.0 Å². The van der Waals surface area contributed by atoms with Crippen LogP contribution in [-0.2, 0) is 19.2 Å². The second-order valence-corrected chi connectivity index (χ2v) is 2.62. The first-order valence-corrected chi connectivity index (χ1v) is 4.05. The molecule has 0 aliphatic rings. The number of hydrogen-bond acceptors (Lipinski definition) is 6. The lowest BCUT2D eigenvalue weighted by molar-refractivity contribution is -0.124. The Morgan fingerprint density at radius 1 is 1.21 bits per heavy atom. The molecule has 0 amide bonds. The predicted molar refractivity (Wildman–Crippen MR) is 46.4 cm³/mol. The van der Waals surface area contributed by atoms with Gasteiger partial charge in [0, 0.05) is 12.8 Å². The molecule has 0 heterocycles. The topological polar surface area (TPSA) is 81.7 Å². The molecule has 0 radical (unpaired) electrons. The van der Waals surface area contributed by atoms with Gasteiger partial charge in [0.2, 0.25) is 0 Å². The van der Waals surface area contributed by atoms with E-state index >= 15 is 0 Å². The standard InChI is InChI=1S/C8H13NO5/c1-6(10)3-4-7(11)5-9-14-8(12)13-2/h9H,3-5H2,1-2H3. The number of hydrogen-bond donors (Lipinski definition) is 1. The van der Waals surface area contributed by atoms with Crippen LogP contribution in [0.5, 0.6) is 0 Å². The molecule has 1 N–H and O–H groups in total. The zero-order valence-electron chi connectivity index (χ0n) is 8.16. The number of nitrogens with one attached hydrogen (secondary N) is 1. The van der Waals surface area contributed by atoms with Gasteiger partial charge in [0.1, 0.15) is 11.6 Å². The number of ether oxygens (including phenoxy) is 1. The van der Waals surface area contributed by atoms with Gasteiger partial charge in [0.15, 0.2) is 0 Å². The van der Waals surface area contributed by atoms with Crippen LogP contribution < -0.4 is 5.48 Å². The number of carbonyl (C=O) groups is 3. The van der Waals surface area contributed by atoms with Crippen molar-refractivity contribution in [3.8, 4) is 0 Å². The lowest BCUT2D eigenvalue weighted by atomic mass is 10.2. The van der Waals surface area contributed by atoms with E-state index < -0.39 is 6.16 Å². The molecule has 6 heteroatoms. The Kier molecular flexibility index (Phi) is 6.30. The fraction of sp³-hybridized carbons (Fsp3) is 0.625. The van der Waals surface area contributed by atoms with Crippen molar-refractivity contribution in [2.75, 3.05) is 13.7 Å². The first-order chi connectivity index (χ1) is 6.56. The highest BCUT2D eigenvalue weighted by Gasteiger charge is 2.05. The van der Waals surface area contributed by atoms with Gasteiger partial charge in [-0.15, -0.1) is 5.48 Å². The highest BCUT2D eigenvalue weighted by atomic mass is 16.8. The Hall–Kier alpha value is -1.43. The summed E-state index contributed by atoms with van der Waals surface area (Å²) in [5.41, 5.74) is 2.12. The number of ketones is 2. The van der Waals surface area contributed by atoms with Gasteiger partial charge >= 0.3 is 6.16 Å². The van der Waals surface area contributed by atoms with Crippen LogP contribution in [0.1, 0.15) is 19.8 Å². The highest BCUT2D eigenvalue weighted by molar-refractivity contribution is 5.85. The zero-order valence-corrected chi connectivity index (χ0v) is 8.16. The molecule has 80 valence electrons. The fourth-order valence-corrected chi connectivity index (χ4v) is 0.621. The molecule has 0 rings (SSSR count). The summed E-state index contributed by atoms with van der Waals surface area (Å²) in [7, 11) is 1.15. The molecule has 0 bridgehead atoms. The Bertz CT molecular complexity index is 226. The van der Waals surface area contributed by atoms with E-state index in [0.717, 1.165) is 7.11 Å². The lowest BCUT2D eigenvalue weighted by Crippen LogP contribution is -2.26. The Morgan fingerprint density at radius 3 is 2.36 bits per heavy atom. The first kappa shape index (κ1) is 12.6. The van der Waals surface area contributed by atoms with Gasteiger partial charge in [-0.25, -0.2) is 4.79 Å². The van der Waals surface area contributed by atoms with E-state index in [2.05, 4.69) is 15.1 Å². The zero-order chi connectivity index (χ0) is 11.0. The van der Waals surface area contributed by atoms with Crippen LogP contribution in [-0.4, -0.2) is 31.4 Å². The first-order valence-electron chi connectivity index (χ1n) is 4.05. The Morgan fingerprint density at radius 2 is 1.86 bits per heavy atom. The molecule has 0 aromatic heterocycles. The minimum atomic E-state index is -0.913. The summed E-state index contributed by atoms with van der Waals surface area (Å²) in [5.74, 6) is -0.253. The van der Waals surface area contributed by atoms with Crippen LogP contribution in [0.4, 0.5) is 4.79 Å². The van der Waals surface area contributed by atoms with Gasteiger partial charge in [-0.1, -0.05) is 0 Å². The summed E-state index contributed by atoms with van der Waals surface area (Å²) in [5, 5.41) is 0. The van der Waals surface area contributed by atoms with Crippen LogP contribution in [0.3, 0.4) is 0 Å². The lowest BCUT2D eigenvalue weighted by Gasteiger charge is -2.02. The molecule has 6 nitrogen and oxygen atoms in total. The highest BCUT2D eigenvalue weighted by Crippen LogP contribution is 1.91. The van der Waals surface area contributed by atoms with Gasteiger partial charge in [-0.2, -0.15) is 0 Å². The smallest absolute Gasteiger partial charge is 0.436 e. The van der Waals surface area contributed by atoms with Crippen LogP contribution in [0.25, 0.3) is 0 Å². The summed E-state index contributed by atoms with van der Waals surface area (Å²) >= 11 is 0. The maximum absolute atomic E-state index is 11.0. The third kappa shape index (κ3) is 7.23. The molecule has 0 aliphatic heterocycles. The largest absolute Gasteiger partial charge is 0.527 e. The van der Waals surface area contributed by atoms with E-state index in [1.807, 2.05) is 0 Å². The molecule has 0 aromatic carbocycles. The van der Waals surface area contributed by atoms with Gasteiger partial charge in [-0.05, 0) is 6.92 Å². The van der Waals surface area contributed by atoms with Gasteiger partial charge < -0.3 is 14.4 Å². The molecule has 0 saturated heterocycles. The molecule has 0 atom stereocenters. The average Bonchev–Trinajstić information content (AvgIpc) is 2.14. The maximum Gasteiger partial charge on any atom is 0.527 e. The molecule has 0 spiro atoms. The van der Waals surface area contributed by atoms with Crippen molar-refractivity contribution >= 4 is 17.7 Å². The van der Waals surface area contributed by atoms with Gasteiger partial charge in [0.05, 0.1) is 13.7 Å². The molecular formula is C8H13NO5. The maximum atomic E-state index is 11.0. The monoisotopic (exact) mass is 203 g/mol. The molecule has 0 aromatic rings. The van der Waals surface area contributed by atoms with Crippen molar-refractivity contribution in [1.29, 1.82) is 0 Å². The second-order valence-electron chi connectivity index (χ2n) is 2.62. The number of Topliss-reactive ketones (excluding diaryl/α,β-unsaturated/α-hetero) is 2. The summed E-state index contributed by atoms with van der Waals surface area (Å²) in [6, 6.07) is 0. The number of carbonyl (C=O) groups excluding carboxylic acids is 3. The summed E-state index contributed by atoms with van der Waals surface area (Å²) in [6.07, 6.45) is -0.560. The van der Waals surface area contributed by atoms with Crippen molar-refractivity contribution in [2.45, 2.75) is 19.8 Å². The minimum absolute atomic E-state index is 0.0489. The van der Waals surface area contributed by atoms with E-state index in [-0.39, 0.29) is 31.0 Å². The minimum Gasteiger partial charge on any atom is -0.436 e. The van der Waals surface area contributed by atoms with Crippen molar-refractivity contribution in [2.24, 2.45) is 0 Å². The SMILES string of the molecule is COC(=O)ONCC(=O)CCC(C)=O. The Labute approximate surface area is 81.5 Å². The molecule has 0 saturated carbocycles. The normalized spacial score (nSPS) is 9.29.